The van der Waals surface area contributed by atoms with Crippen molar-refractivity contribution in [2.24, 2.45) is 5.92 Å². The molecule has 0 bridgehead atoms. The SMILES string of the molecule is CCc1c(C)c2c(c(OS(=O)(=O)C(F)(F)F)c1C/C=C1\CCCC1CC(=O)[O-])C(=O)OC2. The summed E-state index contributed by atoms with van der Waals surface area (Å²) in [5.41, 5.74) is -3.58. The van der Waals surface area contributed by atoms with Crippen LogP contribution in [0.15, 0.2) is 11.6 Å². The highest BCUT2D eigenvalue weighted by Gasteiger charge is 2.50. The van der Waals surface area contributed by atoms with E-state index in [2.05, 4.69) is 4.18 Å². The Morgan fingerprint density at radius 2 is 2.00 bits per heavy atom. The molecule has 1 fully saturated rings. The molecule has 7 nitrogen and oxygen atoms in total. The molecule has 0 N–H and O–H groups in total. The maximum atomic E-state index is 13.1. The maximum absolute atomic E-state index is 13.1. The highest BCUT2D eigenvalue weighted by Crippen LogP contribution is 2.42. The summed E-state index contributed by atoms with van der Waals surface area (Å²) in [6.45, 7) is 3.25. The number of carboxylic acids is 1. The van der Waals surface area contributed by atoms with Crippen molar-refractivity contribution >= 4 is 22.1 Å². The number of rotatable bonds is 7. The molecule has 0 spiro atoms. The smallest absolute Gasteiger partial charge is 0.534 e. The first-order valence-electron chi connectivity index (χ1n) is 10.1. The number of ether oxygens (including phenoxy) is 1. The van der Waals surface area contributed by atoms with E-state index in [0.717, 1.165) is 12.0 Å². The summed E-state index contributed by atoms with van der Waals surface area (Å²) < 4.78 is 72.3. The Morgan fingerprint density at radius 1 is 1.31 bits per heavy atom. The minimum absolute atomic E-state index is 0.0217. The quantitative estimate of drug-likeness (QED) is 0.258. The lowest BCUT2D eigenvalue weighted by atomic mass is 9.88. The van der Waals surface area contributed by atoms with Gasteiger partial charge < -0.3 is 18.8 Å². The fourth-order valence-electron chi connectivity index (χ4n) is 4.45. The fourth-order valence-corrected chi connectivity index (χ4v) is 4.95. The number of benzene rings is 1. The van der Waals surface area contributed by atoms with Crippen LogP contribution in [0.5, 0.6) is 5.75 Å². The van der Waals surface area contributed by atoms with Crippen molar-refractivity contribution in [1.82, 2.24) is 0 Å². The van der Waals surface area contributed by atoms with Gasteiger partial charge in [-0.2, -0.15) is 21.6 Å². The highest BCUT2D eigenvalue weighted by atomic mass is 32.2. The second-order valence-electron chi connectivity index (χ2n) is 7.83. The molecule has 11 heteroatoms. The molecule has 3 rings (SSSR count). The molecular formula is C21H22F3O7S-. The molecule has 1 aliphatic heterocycles. The Hall–Kier alpha value is -2.56. The number of aliphatic carboxylic acids is 1. The average Bonchev–Trinajstić information content (AvgIpc) is 3.27. The van der Waals surface area contributed by atoms with Crippen LogP contribution in [0.25, 0.3) is 0 Å². The fraction of sp³-hybridized carbons (Fsp3) is 0.524. The normalized spacial score (nSPS) is 19.8. The summed E-state index contributed by atoms with van der Waals surface area (Å²) in [6, 6.07) is 0. The minimum Gasteiger partial charge on any atom is -0.550 e. The highest BCUT2D eigenvalue weighted by molar-refractivity contribution is 7.88. The van der Waals surface area contributed by atoms with Gasteiger partial charge in [-0.05, 0) is 62.5 Å². The van der Waals surface area contributed by atoms with Crippen LogP contribution in [0.3, 0.4) is 0 Å². The van der Waals surface area contributed by atoms with E-state index < -0.39 is 33.3 Å². The molecule has 176 valence electrons. The number of allylic oxidation sites excluding steroid dienone is 2. The first-order chi connectivity index (χ1) is 14.9. The van der Waals surface area contributed by atoms with Crippen molar-refractivity contribution in [3.05, 3.63) is 39.5 Å². The number of halogens is 3. The summed E-state index contributed by atoms with van der Waals surface area (Å²) in [6.07, 6.45) is 3.85. The largest absolute Gasteiger partial charge is 0.550 e. The van der Waals surface area contributed by atoms with Gasteiger partial charge in [0, 0.05) is 17.1 Å². The minimum atomic E-state index is -6.03. The number of esters is 1. The van der Waals surface area contributed by atoms with Gasteiger partial charge in [-0.3, -0.25) is 0 Å². The zero-order valence-electron chi connectivity index (χ0n) is 17.5. The lowest BCUT2D eigenvalue weighted by Gasteiger charge is -2.20. The van der Waals surface area contributed by atoms with Crippen LogP contribution < -0.4 is 9.29 Å². The monoisotopic (exact) mass is 475 g/mol. The lowest BCUT2D eigenvalue weighted by Crippen LogP contribution is -2.29. The molecule has 1 aromatic rings. The molecule has 0 saturated heterocycles. The van der Waals surface area contributed by atoms with E-state index in [1.54, 1.807) is 19.9 Å². The van der Waals surface area contributed by atoms with Crippen molar-refractivity contribution in [2.45, 2.75) is 64.5 Å². The van der Waals surface area contributed by atoms with E-state index in [0.29, 0.717) is 36.0 Å². The zero-order valence-corrected chi connectivity index (χ0v) is 18.3. The first-order valence-corrected chi connectivity index (χ1v) is 11.5. The summed E-state index contributed by atoms with van der Waals surface area (Å²) >= 11 is 0. The number of carbonyl (C=O) groups is 2. The molecule has 2 aliphatic rings. The zero-order chi connectivity index (χ0) is 23.8. The molecular weight excluding hydrogens is 453 g/mol. The number of alkyl halides is 3. The van der Waals surface area contributed by atoms with Gasteiger partial charge in [0.25, 0.3) is 0 Å². The number of hydrogen-bond acceptors (Lipinski definition) is 7. The first kappa shape index (κ1) is 24.1. The molecule has 0 radical (unpaired) electrons. The number of carboxylic acid groups (broad SMARTS) is 1. The summed E-state index contributed by atoms with van der Waals surface area (Å²) in [4.78, 5) is 23.3. The van der Waals surface area contributed by atoms with E-state index in [-0.39, 0.29) is 36.5 Å². The predicted octanol–water partition coefficient (Wildman–Crippen LogP) is 2.87. The molecule has 1 saturated carbocycles. The molecule has 32 heavy (non-hydrogen) atoms. The van der Waals surface area contributed by atoms with Crippen LogP contribution in [0.2, 0.25) is 0 Å². The van der Waals surface area contributed by atoms with Gasteiger partial charge in [0.2, 0.25) is 0 Å². The standard InChI is InChI=1S/C21H23F3O7S/c1-3-14-11(2)16-10-30-20(27)18(16)19(31-32(28,29)21(22,23)24)15(14)8-7-12-5-4-6-13(12)9-17(25)26/h7,13H,3-6,8-10H2,1-2H3,(H,25,26)/p-1/b12-7+. The maximum Gasteiger partial charge on any atom is 0.534 e. The van der Waals surface area contributed by atoms with Gasteiger partial charge in [-0.15, -0.1) is 0 Å². The third-order valence-electron chi connectivity index (χ3n) is 5.98. The van der Waals surface area contributed by atoms with E-state index in [9.17, 15) is 36.3 Å². The van der Waals surface area contributed by atoms with E-state index in [1.807, 2.05) is 0 Å². The van der Waals surface area contributed by atoms with E-state index >= 15 is 0 Å². The van der Waals surface area contributed by atoms with Crippen LogP contribution >= 0.6 is 0 Å². The molecule has 1 heterocycles. The molecule has 0 aromatic heterocycles. The third kappa shape index (κ3) is 4.48. The topological polar surface area (TPSA) is 110 Å². The van der Waals surface area contributed by atoms with Gasteiger partial charge in [0.1, 0.15) is 12.2 Å². The van der Waals surface area contributed by atoms with Crippen molar-refractivity contribution < 1.29 is 45.2 Å². The van der Waals surface area contributed by atoms with Crippen molar-refractivity contribution in [2.75, 3.05) is 0 Å². The van der Waals surface area contributed by atoms with Crippen LogP contribution in [0, 0.1) is 12.8 Å². The van der Waals surface area contributed by atoms with Gasteiger partial charge in [0.15, 0.2) is 5.75 Å². The Morgan fingerprint density at radius 3 is 2.59 bits per heavy atom. The predicted molar refractivity (Wildman–Crippen MR) is 104 cm³/mol. The number of fused-ring (bicyclic) bond motifs is 1. The second kappa shape index (κ2) is 8.76. The molecule has 0 amide bonds. The van der Waals surface area contributed by atoms with Crippen LogP contribution in [-0.2, 0) is 39.1 Å². The number of cyclic esters (lactones) is 1. The van der Waals surface area contributed by atoms with Crippen molar-refractivity contribution in [3.8, 4) is 5.75 Å². The van der Waals surface area contributed by atoms with Gasteiger partial charge in [-0.1, -0.05) is 18.6 Å². The summed E-state index contributed by atoms with van der Waals surface area (Å²) in [7, 11) is -6.03. The third-order valence-corrected chi connectivity index (χ3v) is 6.93. The Labute approximate surface area is 183 Å². The summed E-state index contributed by atoms with van der Waals surface area (Å²) in [5, 5.41) is 11.0. The van der Waals surface area contributed by atoms with Crippen molar-refractivity contribution in [3.63, 3.8) is 0 Å². The average molecular weight is 475 g/mol. The van der Waals surface area contributed by atoms with Crippen LogP contribution in [0.4, 0.5) is 13.2 Å². The Balaban J connectivity index is 2.15. The van der Waals surface area contributed by atoms with Gasteiger partial charge >= 0.3 is 21.6 Å². The number of carbonyl (C=O) groups excluding carboxylic acids is 2. The van der Waals surface area contributed by atoms with E-state index in [1.165, 1.54) is 0 Å². The van der Waals surface area contributed by atoms with E-state index in [4.69, 9.17) is 4.74 Å². The molecule has 1 aliphatic carbocycles. The molecule has 1 aromatic carbocycles. The van der Waals surface area contributed by atoms with Gasteiger partial charge in [0.05, 0.1) is 0 Å². The van der Waals surface area contributed by atoms with Crippen LogP contribution in [-0.4, -0.2) is 25.9 Å². The lowest BCUT2D eigenvalue weighted by molar-refractivity contribution is -0.306. The van der Waals surface area contributed by atoms with Gasteiger partial charge in [-0.25, -0.2) is 4.79 Å². The Bertz CT molecular complexity index is 1090. The Kier molecular flexibility index (Phi) is 6.60. The molecule has 1 unspecified atom stereocenters. The number of hydrogen-bond donors (Lipinski definition) is 0. The molecule has 1 atom stereocenters. The van der Waals surface area contributed by atoms with Crippen molar-refractivity contribution in [1.29, 1.82) is 0 Å². The van der Waals surface area contributed by atoms with Crippen LogP contribution in [0.1, 0.15) is 65.2 Å². The second-order valence-corrected chi connectivity index (χ2v) is 9.36. The summed E-state index contributed by atoms with van der Waals surface area (Å²) in [5.74, 6) is -3.08.